The van der Waals surface area contributed by atoms with Crippen LogP contribution >= 0.6 is 23.1 Å². The van der Waals surface area contributed by atoms with Gasteiger partial charge in [-0.05, 0) is 49.3 Å². The molecule has 0 N–H and O–H groups in total. The van der Waals surface area contributed by atoms with Gasteiger partial charge >= 0.3 is 0 Å². The standard InChI is InChI=1S/C24H30N2OS2/c1-3-4-5-6-10-16-28-24-25-22-21(20-17(2)12-11-15-19(20)29-22)23(27)26(24)18-13-8-7-9-14-18/h7-9,13-14,17H,3-6,10-12,15-16H2,1-2H3. The molecule has 2 aromatic heterocycles. The minimum Gasteiger partial charge on any atom is -0.268 e. The van der Waals surface area contributed by atoms with E-state index in [2.05, 4.69) is 13.8 Å². The fourth-order valence-electron chi connectivity index (χ4n) is 4.29. The Kier molecular flexibility index (Phi) is 6.76. The van der Waals surface area contributed by atoms with Crippen LogP contribution in [0.3, 0.4) is 0 Å². The third-order valence-corrected chi connectivity index (χ3v) is 8.02. The van der Waals surface area contributed by atoms with E-state index in [-0.39, 0.29) is 5.56 Å². The predicted octanol–water partition coefficient (Wildman–Crippen LogP) is 6.95. The van der Waals surface area contributed by atoms with Gasteiger partial charge in [-0.2, -0.15) is 0 Å². The highest BCUT2D eigenvalue weighted by atomic mass is 32.2. The molecule has 0 aliphatic heterocycles. The van der Waals surface area contributed by atoms with Crippen LogP contribution in [0, 0.1) is 0 Å². The van der Waals surface area contributed by atoms with Gasteiger partial charge in [-0.25, -0.2) is 4.98 Å². The van der Waals surface area contributed by atoms with E-state index in [9.17, 15) is 4.79 Å². The summed E-state index contributed by atoms with van der Waals surface area (Å²) in [5.74, 6) is 1.46. The first-order chi connectivity index (χ1) is 14.2. The van der Waals surface area contributed by atoms with E-state index in [1.54, 1.807) is 23.1 Å². The Labute approximate surface area is 181 Å². The Bertz CT molecular complexity index is 1020. The molecule has 5 heteroatoms. The Hall–Kier alpha value is -1.59. The Morgan fingerprint density at radius 1 is 1.17 bits per heavy atom. The highest BCUT2D eigenvalue weighted by Crippen LogP contribution is 2.41. The van der Waals surface area contributed by atoms with Crippen LogP contribution in [0.5, 0.6) is 0 Å². The van der Waals surface area contributed by atoms with E-state index in [1.807, 2.05) is 34.9 Å². The monoisotopic (exact) mass is 426 g/mol. The summed E-state index contributed by atoms with van der Waals surface area (Å²) in [5.41, 5.74) is 2.30. The second kappa shape index (κ2) is 9.48. The average Bonchev–Trinajstić information content (AvgIpc) is 3.11. The molecular weight excluding hydrogens is 396 g/mol. The maximum atomic E-state index is 13.7. The molecule has 0 saturated heterocycles. The van der Waals surface area contributed by atoms with Crippen LogP contribution < -0.4 is 5.56 Å². The molecule has 0 spiro atoms. The van der Waals surface area contributed by atoms with Crippen molar-refractivity contribution in [2.75, 3.05) is 5.75 Å². The quantitative estimate of drug-likeness (QED) is 0.222. The van der Waals surface area contributed by atoms with E-state index in [0.717, 1.165) is 39.7 Å². The second-order valence-electron chi connectivity index (χ2n) is 8.05. The van der Waals surface area contributed by atoms with Crippen molar-refractivity contribution < 1.29 is 0 Å². The molecule has 0 saturated carbocycles. The number of aryl methyl sites for hydroxylation is 1. The van der Waals surface area contributed by atoms with Gasteiger partial charge in [0, 0.05) is 10.6 Å². The summed E-state index contributed by atoms with van der Waals surface area (Å²) in [6, 6.07) is 10.0. The first-order valence-corrected chi connectivity index (χ1v) is 12.8. The number of fused-ring (bicyclic) bond motifs is 3. The Balaban J connectivity index is 1.74. The number of benzene rings is 1. The van der Waals surface area contributed by atoms with Crippen LogP contribution in [0.2, 0.25) is 0 Å². The van der Waals surface area contributed by atoms with Gasteiger partial charge in [0.25, 0.3) is 5.56 Å². The molecule has 2 heterocycles. The van der Waals surface area contributed by atoms with Crippen molar-refractivity contribution in [3.05, 3.63) is 51.1 Å². The third kappa shape index (κ3) is 4.31. The minimum atomic E-state index is 0.112. The fraction of sp³-hybridized carbons (Fsp3) is 0.500. The molecule has 0 amide bonds. The van der Waals surface area contributed by atoms with Crippen molar-refractivity contribution in [2.24, 2.45) is 0 Å². The van der Waals surface area contributed by atoms with Crippen LogP contribution in [-0.2, 0) is 6.42 Å². The van der Waals surface area contributed by atoms with Gasteiger partial charge in [0.1, 0.15) is 4.83 Å². The van der Waals surface area contributed by atoms with Crippen molar-refractivity contribution in [1.82, 2.24) is 9.55 Å². The summed E-state index contributed by atoms with van der Waals surface area (Å²) in [7, 11) is 0. The molecule has 1 aromatic carbocycles. The summed E-state index contributed by atoms with van der Waals surface area (Å²) in [6.45, 7) is 4.50. The van der Waals surface area contributed by atoms with Gasteiger partial charge in [0.15, 0.2) is 5.16 Å². The van der Waals surface area contributed by atoms with Crippen molar-refractivity contribution in [2.45, 2.75) is 76.3 Å². The molecule has 0 radical (unpaired) electrons. The maximum absolute atomic E-state index is 13.7. The number of thioether (sulfide) groups is 1. The molecule has 3 aromatic rings. The second-order valence-corrected chi connectivity index (χ2v) is 10.2. The summed E-state index contributed by atoms with van der Waals surface area (Å²) < 4.78 is 1.85. The van der Waals surface area contributed by atoms with Gasteiger partial charge in [-0.1, -0.05) is 69.5 Å². The van der Waals surface area contributed by atoms with Crippen molar-refractivity contribution >= 4 is 33.3 Å². The van der Waals surface area contributed by atoms with Gasteiger partial charge in [-0.3, -0.25) is 9.36 Å². The van der Waals surface area contributed by atoms with Gasteiger partial charge in [0.2, 0.25) is 0 Å². The first kappa shape index (κ1) is 20.7. The van der Waals surface area contributed by atoms with Crippen molar-refractivity contribution in [3.63, 3.8) is 0 Å². The summed E-state index contributed by atoms with van der Waals surface area (Å²) in [5, 5.41) is 1.71. The molecular formula is C24H30N2OS2. The fourth-order valence-corrected chi connectivity index (χ4v) is 6.68. The lowest BCUT2D eigenvalue weighted by Crippen LogP contribution is -2.22. The number of para-hydroxylation sites is 1. The molecule has 1 aliphatic carbocycles. The molecule has 1 aliphatic rings. The number of hydrogen-bond donors (Lipinski definition) is 0. The summed E-state index contributed by atoms with van der Waals surface area (Å²) in [4.78, 5) is 21.1. The highest BCUT2D eigenvalue weighted by Gasteiger charge is 2.26. The number of thiophene rings is 1. The lowest BCUT2D eigenvalue weighted by atomic mass is 9.88. The van der Waals surface area contributed by atoms with Crippen LogP contribution in [0.25, 0.3) is 15.9 Å². The van der Waals surface area contributed by atoms with Gasteiger partial charge in [0.05, 0.1) is 11.1 Å². The molecule has 0 fully saturated rings. The average molecular weight is 427 g/mol. The molecule has 154 valence electrons. The number of rotatable bonds is 8. The van der Waals surface area contributed by atoms with Crippen LogP contribution in [0.15, 0.2) is 40.3 Å². The smallest absolute Gasteiger partial charge is 0.267 e. The van der Waals surface area contributed by atoms with E-state index in [4.69, 9.17) is 4.98 Å². The van der Waals surface area contributed by atoms with Gasteiger partial charge < -0.3 is 0 Å². The van der Waals surface area contributed by atoms with Crippen molar-refractivity contribution in [3.8, 4) is 5.69 Å². The zero-order valence-electron chi connectivity index (χ0n) is 17.4. The SMILES string of the molecule is CCCCCCCSc1nc2sc3c(c2c(=O)n1-c1ccccc1)C(C)CCC3. The lowest BCUT2D eigenvalue weighted by Gasteiger charge is -2.19. The molecule has 1 unspecified atom stereocenters. The maximum Gasteiger partial charge on any atom is 0.267 e. The lowest BCUT2D eigenvalue weighted by molar-refractivity contribution is 0.601. The van der Waals surface area contributed by atoms with E-state index >= 15 is 0 Å². The number of unbranched alkanes of at least 4 members (excludes halogenated alkanes) is 4. The molecule has 29 heavy (non-hydrogen) atoms. The van der Waals surface area contributed by atoms with Gasteiger partial charge in [-0.15, -0.1) is 11.3 Å². The highest BCUT2D eigenvalue weighted by molar-refractivity contribution is 7.99. The zero-order valence-corrected chi connectivity index (χ0v) is 19.1. The Morgan fingerprint density at radius 2 is 1.97 bits per heavy atom. The zero-order chi connectivity index (χ0) is 20.2. The minimum absolute atomic E-state index is 0.112. The molecule has 4 rings (SSSR count). The largest absolute Gasteiger partial charge is 0.268 e. The normalized spacial score (nSPS) is 16.3. The Morgan fingerprint density at radius 3 is 2.76 bits per heavy atom. The number of aromatic nitrogens is 2. The summed E-state index contributed by atoms with van der Waals surface area (Å²) in [6.07, 6.45) is 9.76. The number of nitrogens with zero attached hydrogens (tertiary/aromatic N) is 2. The predicted molar refractivity (Wildman–Crippen MR) is 126 cm³/mol. The van der Waals surface area contributed by atoms with Crippen molar-refractivity contribution in [1.29, 1.82) is 0 Å². The van der Waals surface area contributed by atoms with E-state index in [0.29, 0.717) is 5.92 Å². The topological polar surface area (TPSA) is 34.9 Å². The molecule has 1 atom stereocenters. The first-order valence-electron chi connectivity index (χ1n) is 11.0. The van der Waals surface area contributed by atoms with E-state index in [1.165, 1.54) is 49.0 Å². The van der Waals surface area contributed by atoms with E-state index < -0.39 is 0 Å². The van der Waals surface area contributed by atoms with Crippen LogP contribution in [0.1, 0.15) is 75.2 Å². The summed E-state index contributed by atoms with van der Waals surface area (Å²) >= 11 is 3.48. The van der Waals surface area contributed by atoms with Crippen LogP contribution in [-0.4, -0.2) is 15.3 Å². The van der Waals surface area contributed by atoms with Crippen LogP contribution in [0.4, 0.5) is 0 Å². The number of hydrogen-bond acceptors (Lipinski definition) is 4. The molecule has 0 bridgehead atoms. The third-order valence-electron chi connectivity index (χ3n) is 5.84. The molecule has 3 nitrogen and oxygen atoms in total.